The molecule has 1 aromatic carbocycles. The minimum absolute atomic E-state index is 0.370. The number of ether oxygens (including phenoxy) is 1. The number of benzene rings is 1. The van der Waals surface area contributed by atoms with E-state index in [2.05, 4.69) is 5.32 Å². The second kappa shape index (κ2) is 6.94. The summed E-state index contributed by atoms with van der Waals surface area (Å²) in [5, 5.41) is 2.60. The Kier molecular flexibility index (Phi) is 3.88. The Balaban J connectivity index is 2.73. The second-order valence-corrected chi connectivity index (χ2v) is 3.90. The SMILES string of the molecule is [2H]C([2H])([2H])[C@H](CCCC)NC(=O)c1ccc(OC)cc1. The van der Waals surface area contributed by atoms with Crippen LogP contribution in [0.4, 0.5) is 0 Å². The highest BCUT2D eigenvalue weighted by Crippen LogP contribution is 2.11. The number of carbonyl (C=O) groups is 1. The fraction of sp³-hybridized carbons (Fsp3) is 0.500. The fourth-order valence-electron chi connectivity index (χ4n) is 1.46. The zero-order valence-corrected chi connectivity index (χ0v) is 10.3. The van der Waals surface area contributed by atoms with Crippen LogP contribution in [0.25, 0.3) is 0 Å². The summed E-state index contributed by atoms with van der Waals surface area (Å²) in [6, 6.07) is 5.77. The van der Waals surface area contributed by atoms with E-state index in [1.807, 2.05) is 6.92 Å². The average Bonchev–Trinajstić information content (AvgIpc) is 2.42. The standard InChI is InChI=1S/C14H21NO2/c1-4-5-6-11(2)15-14(16)12-7-9-13(17-3)10-8-12/h7-11H,4-6H2,1-3H3,(H,15,16)/t11-/m1/s1/i2D3. The van der Waals surface area contributed by atoms with Crippen LogP contribution in [0.5, 0.6) is 5.75 Å². The van der Waals surface area contributed by atoms with Crippen LogP contribution in [0, 0.1) is 0 Å². The molecule has 3 nitrogen and oxygen atoms in total. The minimum Gasteiger partial charge on any atom is -0.497 e. The van der Waals surface area contributed by atoms with Gasteiger partial charge in [-0.25, -0.2) is 0 Å². The molecule has 1 rings (SSSR count). The number of hydrogen-bond donors (Lipinski definition) is 1. The van der Waals surface area contributed by atoms with Gasteiger partial charge >= 0.3 is 0 Å². The number of carbonyl (C=O) groups excluding carboxylic acids is 1. The molecule has 17 heavy (non-hydrogen) atoms. The lowest BCUT2D eigenvalue weighted by Crippen LogP contribution is -2.32. The highest BCUT2D eigenvalue weighted by molar-refractivity contribution is 5.94. The van der Waals surface area contributed by atoms with E-state index in [0.717, 1.165) is 12.8 Å². The number of unbranched alkanes of at least 4 members (excludes halogenated alkanes) is 1. The molecule has 0 aliphatic carbocycles. The summed E-state index contributed by atoms with van der Waals surface area (Å²) in [6.07, 6.45) is 2.12. The summed E-state index contributed by atoms with van der Waals surface area (Å²) >= 11 is 0. The van der Waals surface area contributed by atoms with Gasteiger partial charge in [0.2, 0.25) is 0 Å². The maximum Gasteiger partial charge on any atom is 0.251 e. The van der Waals surface area contributed by atoms with Crippen molar-refractivity contribution in [1.29, 1.82) is 0 Å². The lowest BCUT2D eigenvalue weighted by atomic mass is 10.1. The van der Waals surface area contributed by atoms with Crippen LogP contribution in [0.2, 0.25) is 0 Å². The topological polar surface area (TPSA) is 38.3 Å². The Bertz CT molecular complexity index is 429. The summed E-state index contributed by atoms with van der Waals surface area (Å²) in [6.45, 7) is -0.195. The third-order valence-electron chi connectivity index (χ3n) is 2.50. The Morgan fingerprint density at radius 1 is 1.47 bits per heavy atom. The second-order valence-electron chi connectivity index (χ2n) is 3.90. The van der Waals surface area contributed by atoms with Gasteiger partial charge in [0.15, 0.2) is 0 Å². The lowest BCUT2D eigenvalue weighted by molar-refractivity contribution is 0.0938. The van der Waals surface area contributed by atoms with E-state index >= 15 is 0 Å². The smallest absolute Gasteiger partial charge is 0.251 e. The molecule has 0 aliphatic heterocycles. The summed E-state index contributed by atoms with van der Waals surface area (Å²) in [5.41, 5.74) is 0.427. The molecule has 0 saturated heterocycles. The Hall–Kier alpha value is -1.51. The summed E-state index contributed by atoms with van der Waals surface area (Å²) < 4.78 is 27.5. The van der Waals surface area contributed by atoms with Crippen molar-refractivity contribution in [2.75, 3.05) is 7.11 Å². The van der Waals surface area contributed by atoms with Gasteiger partial charge in [-0.15, -0.1) is 0 Å². The van der Waals surface area contributed by atoms with E-state index in [0.29, 0.717) is 17.7 Å². The average molecular weight is 238 g/mol. The molecule has 0 bridgehead atoms. The number of rotatable bonds is 6. The van der Waals surface area contributed by atoms with E-state index in [1.54, 1.807) is 31.4 Å². The molecular formula is C14H21NO2. The van der Waals surface area contributed by atoms with Gasteiger partial charge in [-0.3, -0.25) is 4.79 Å². The van der Waals surface area contributed by atoms with Crippen LogP contribution in [-0.2, 0) is 0 Å². The quantitative estimate of drug-likeness (QED) is 0.827. The molecule has 1 N–H and O–H groups in total. The van der Waals surface area contributed by atoms with Crippen molar-refractivity contribution in [3.8, 4) is 5.75 Å². The highest BCUT2D eigenvalue weighted by Gasteiger charge is 2.09. The van der Waals surface area contributed by atoms with Crippen molar-refractivity contribution < 1.29 is 13.6 Å². The van der Waals surface area contributed by atoms with E-state index in [-0.39, 0.29) is 5.91 Å². The third-order valence-corrected chi connectivity index (χ3v) is 2.50. The van der Waals surface area contributed by atoms with Gasteiger partial charge in [0.05, 0.1) is 7.11 Å². The van der Waals surface area contributed by atoms with Crippen LogP contribution < -0.4 is 10.1 Å². The summed E-state index contributed by atoms with van der Waals surface area (Å²) in [5.74, 6) is 0.282. The van der Waals surface area contributed by atoms with Gasteiger partial charge in [0, 0.05) is 15.7 Å². The normalized spacial score (nSPS) is 15.3. The van der Waals surface area contributed by atoms with Gasteiger partial charge in [0.1, 0.15) is 5.75 Å². The molecule has 1 atom stereocenters. The van der Waals surface area contributed by atoms with E-state index < -0.39 is 12.9 Å². The molecule has 0 unspecified atom stereocenters. The van der Waals surface area contributed by atoms with E-state index in [9.17, 15) is 4.79 Å². The maximum atomic E-state index is 12.1. The molecule has 0 radical (unpaired) electrons. The number of methoxy groups -OCH3 is 1. The Labute approximate surface area is 107 Å². The van der Waals surface area contributed by atoms with Crippen molar-refractivity contribution in [3.05, 3.63) is 29.8 Å². The highest BCUT2D eigenvalue weighted by atomic mass is 16.5. The van der Waals surface area contributed by atoms with Crippen LogP contribution in [0.1, 0.15) is 47.5 Å². The monoisotopic (exact) mass is 238 g/mol. The fourth-order valence-corrected chi connectivity index (χ4v) is 1.46. The predicted molar refractivity (Wildman–Crippen MR) is 69.4 cm³/mol. The predicted octanol–water partition coefficient (Wildman–Crippen LogP) is 3.00. The van der Waals surface area contributed by atoms with E-state index in [1.165, 1.54) is 0 Å². The number of amides is 1. The van der Waals surface area contributed by atoms with Crippen LogP contribution in [-0.4, -0.2) is 19.1 Å². The van der Waals surface area contributed by atoms with Crippen molar-refractivity contribution in [1.82, 2.24) is 5.32 Å². The van der Waals surface area contributed by atoms with Crippen molar-refractivity contribution >= 4 is 5.91 Å². The first-order valence-electron chi connectivity index (χ1n) is 7.33. The Morgan fingerprint density at radius 3 is 2.71 bits per heavy atom. The van der Waals surface area contributed by atoms with Crippen molar-refractivity contribution in [2.24, 2.45) is 0 Å². The largest absolute Gasteiger partial charge is 0.497 e. The van der Waals surface area contributed by atoms with Crippen molar-refractivity contribution in [2.45, 2.75) is 39.1 Å². The first kappa shape index (κ1) is 9.51. The molecular weight excluding hydrogens is 214 g/mol. The molecule has 1 amide bonds. The molecule has 3 heteroatoms. The molecule has 1 aromatic rings. The molecule has 0 saturated carbocycles. The lowest BCUT2D eigenvalue weighted by Gasteiger charge is -2.13. The first-order valence-corrected chi connectivity index (χ1v) is 5.83. The molecule has 0 spiro atoms. The van der Waals surface area contributed by atoms with Gasteiger partial charge in [0.25, 0.3) is 5.91 Å². The van der Waals surface area contributed by atoms with Crippen LogP contribution >= 0.6 is 0 Å². The van der Waals surface area contributed by atoms with Gasteiger partial charge in [-0.05, 0) is 37.5 Å². The van der Waals surface area contributed by atoms with Crippen molar-refractivity contribution in [3.63, 3.8) is 0 Å². The number of hydrogen-bond acceptors (Lipinski definition) is 2. The van der Waals surface area contributed by atoms with Gasteiger partial charge in [-0.1, -0.05) is 19.8 Å². The van der Waals surface area contributed by atoms with Crippen LogP contribution in [0.15, 0.2) is 24.3 Å². The third kappa shape index (κ3) is 4.47. The number of nitrogens with one attached hydrogen (secondary N) is 1. The zero-order valence-electron chi connectivity index (χ0n) is 13.3. The van der Waals surface area contributed by atoms with E-state index in [4.69, 9.17) is 8.85 Å². The van der Waals surface area contributed by atoms with Gasteiger partial charge in [-0.2, -0.15) is 0 Å². The van der Waals surface area contributed by atoms with Crippen LogP contribution in [0.3, 0.4) is 0 Å². The molecule has 0 aromatic heterocycles. The first-order chi connectivity index (χ1) is 9.38. The summed E-state index contributed by atoms with van der Waals surface area (Å²) in [7, 11) is 1.55. The molecule has 0 aliphatic rings. The Morgan fingerprint density at radius 2 is 2.18 bits per heavy atom. The zero-order chi connectivity index (χ0) is 15.2. The molecule has 0 fully saturated rings. The van der Waals surface area contributed by atoms with Gasteiger partial charge < -0.3 is 10.1 Å². The maximum absolute atomic E-state index is 12.1. The molecule has 0 heterocycles. The molecule has 94 valence electrons. The minimum atomic E-state index is -2.18. The summed E-state index contributed by atoms with van der Waals surface area (Å²) in [4.78, 5) is 12.1.